The summed E-state index contributed by atoms with van der Waals surface area (Å²) in [6.07, 6.45) is 1.30. The minimum absolute atomic E-state index is 0.00488. The molecular weight excluding hydrogens is 314 g/mol. The molecule has 19 heavy (non-hydrogen) atoms. The van der Waals surface area contributed by atoms with Crippen LogP contribution in [0.5, 0.6) is 0 Å². The molecule has 0 aliphatic rings. The van der Waals surface area contributed by atoms with E-state index in [1.165, 1.54) is 24.4 Å². The van der Waals surface area contributed by atoms with Gasteiger partial charge in [0.1, 0.15) is 14.9 Å². The Bertz CT molecular complexity index is 729. The van der Waals surface area contributed by atoms with Gasteiger partial charge in [-0.2, -0.15) is 4.98 Å². The highest BCUT2D eigenvalue weighted by Gasteiger charge is 2.19. The number of aromatic carboxylic acids is 1. The smallest absolute Gasteiger partial charge is 0.345 e. The quantitative estimate of drug-likeness (QED) is 0.830. The Hall–Kier alpha value is -1.71. The summed E-state index contributed by atoms with van der Waals surface area (Å²) >= 11 is 6.18. The van der Waals surface area contributed by atoms with Crippen LogP contribution in [0, 0.1) is 0 Å². The first-order valence-electron chi connectivity index (χ1n) is 4.73. The monoisotopic (exact) mass is 319 g/mol. The molecule has 2 heterocycles. The van der Waals surface area contributed by atoms with Gasteiger partial charge in [-0.1, -0.05) is 0 Å². The molecule has 0 aromatic carbocycles. The minimum atomic E-state index is -3.89. The number of hydrogen-bond donors (Lipinski definition) is 2. The molecule has 0 radical (unpaired) electrons. The first kappa shape index (κ1) is 13.7. The van der Waals surface area contributed by atoms with Crippen LogP contribution >= 0.6 is 22.9 Å². The summed E-state index contributed by atoms with van der Waals surface area (Å²) in [5, 5.41) is 8.65. The van der Waals surface area contributed by atoms with Crippen LogP contribution in [0.3, 0.4) is 0 Å². The molecule has 2 aromatic heterocycles. The van der Waals surface area contributed by atoms with Crippen molar-refractivity contribution in [3.05, 3.63) is 34.6 Å². The molecule has 0 spiro atoms. The Morgan fingerprint density at radius 1 is 1.37 bits per heavy atom. The maximum absolute atomic E-state index is 12.0. The number of carboxylic acids is 1. The fraction of sp³-hybridized carbons (Fsp3) is 0. The van der Waals surface area contributed by atoms with Crippen molar-refractivity contribution in [1.82, 2.24) is 9.97 Å². The number of thiophene rings is 1. The molecule has 0 atom stereocenters. The van der Waals surface area contributed by atoms with E-state index in [0.29, 0.717) is 11.3 Å². The van der Waals surface area contributed by atoms with Gasteiger partial charge in [0.15, 0.2) is 0 Å². The van der Waals surface area contributed by atoms with E-state index in [2.05, 4.69) is 14.7 Å². The maximum Gasteiger partial charge on any atom is 0.345 e. The molecule has 0 unspecified atom stereocenters. The van der Waals surface area contributed by atoms with Crippen LogP contribution in [0.15, 0.2) is 28.6 Å². The number of carboxylic acid groups (broad SMARTS) is 1. The molecule has 0 saturated heterocycles. The van der Waals surface area contributed by atoms with Crippen LogP contribution in [-0.2, 0) is 10.0 Å². The Morgan fingerprint density at radius 2 is 2.11 bits per heavy atom. The largest absolute Gasteiger partial charge is 0.477 e. The van der Waals surface area contributed by atoms with E-state index in [4.69, 9.17) is 16.7 Å². The fourth-order valence-corrected chi connectivity index (χ4v) is 3.45. The first-order chi connectivity index (χ1) is 8.88. The Morgan fingerprint density at radius 3 is 2.68 bits per heavy atom. The number of nitrogens with one attached hydrogen (secondary N) is 1. The predicted molar refractivity (Wildman–Crippen MR) is 69.1 cm³/mol. The number of aromatic nitrogens is 2. The molecule has 2 rings (SSSR count). The predicted octanol–water partition coefficient (Wildman–Crippen LogP) is 1.69. The van der Waals surface area contributed by atoms with Crippen LogP contribution in [0.2, 0.25) is 5.28 Å². The Kier molecular flexibility index (Phi) is 3.69. The van der Waals surface area contributed by atoms with Crippen molar-refractivity contribution in [2.45, 2.75) is 4.21 Å². The van der Waals surface area contributed by atoms with Crippen LogP contribution in [0.4, 0.5) is 5.82 Å². The van der Waals surface area contributed by atoms with E-state index >= 15 is 0 Å². The summed E-state index contributed by atoms with van der Waals surface area (Å²) in [5.74, 6) is -1.18. The summed E-state index contributed by atoms with van der Waals surface area (Å²) in [4.78, 5) is 17.9. The second-order valence-electron chi connectivity index (χ2n) is 3.24. The number of nitrogens with zero attached hydrogens (tertiary/aromatic N) is 2. The highest BCUT2D eigenvalue weighted by molar-refractivity contribution is 7.94. The molecule has 2 aromatic rings. The highest BCUT2D eigenvalue weighted by Crippen LogP contribution is 2.23. The van der Waals surface area contributed by atoms with Gasteiger partial charge in [-0.3, -0.25) is 4.72 Å². The second kappa shape index (κ2) is 5.11. The molecule has 7 nitrogen and oxygen atoms in total. The van der Waals surface area contributed by atoms with Gasteiger partial charge < -0.3 is 5.11 Å². The molecule has 0 saturated carbocycles. The van der Waals surface area contributed by atoms with Crippen molar-refractivity contribution >= 4 is 44.7 Å². The lowest BCUT2D eigenvalue weighted by molar-refractivity contribution is 0.0702. The number of rotatable bonds is 4. The van der Waals surface area contributed by atoms with E-state index in [9.17, 15) is 13.2 Å². The van der Waals surface area contributed by atoms with Crippen molar-refractivity contribution in [3.8, 4) is 0 Å². The number of carbonyl (C=O) groups is 1. The molecule has 2 N–H and O–H groups in total. The topological polar surface area (TPSA) is 109 Å². The fourth-order valence-electron chi connectivity index (χ4n) is 1.16. The minimum Gasteiger partial charge on any atom is -0.477 e. The van der Waals surface area contributed by atoms with Crippen LogP contribution in [0.25, 0.3) is 0 Å². The van der Waals surface area contributed by atoms with Gasteiger partial charge in [-0.15, -0.1) is 11.3 Å². The van der Waals surface area contributed by atoms with Gasteiger partial charge in [-0.05, 0) is 29.8 Å². The third-order valence-electron chi connectivity index (χ3n) is 1.92. The number of halogens is 1. The number of sulfonamides is 1. The summed E-state index contributed by atoms with van der Waals surface area (Å²) in [7, 11) is -3.89. The van der Waals surface area contributed by atoms with Crippen molar-refractivity contribution in [3.63, 3.8) is 0 Å². The molecule has 100 valence electrons. The van der Waals surface area contributed by atoms with E-state index < -0.39 is 16.0 Å². The molecule has 0 fully saturated rings. The van der Waals surface area contributed by atoms with Crippen LogP contribution in [0.1, 0.15) is 9.67 Å². The third-order valence-corrected chi connectivity index (χ3v) is 5.02. The number of anilines is 1. The summed E-state index contributed by atoms with van der Waals surface area (Å²) in [6.45, 7) is 0. The van der Waals surface area contributed by atoms with E-state index in [1.807, 2.05) is 0 Å². The Labute approximate surface area is 117 Å². The number of hydrogen-bond acceptors (Lipinski definition) is 6. The van der Waals surface area contributed by atoms with Gasteiger partial charge in [0.2, 0.25) is 5.28 Å². The zero-order chi connectivity index (χ0) is 14.0. The molecular formula is C9H6ClN3O4S2. The normalized spacial score (nSPS) is 11.2. The third kappa shape index (κ3) is 3.19. The van der Waals surface area contributed by atoms with Crippen molar-refractivity contribution < 1.29 is 18.3 Å². The van der Waals surface area contributed by atoms with Crippen LogP contribution in [-0.4, -0.2) is 29.5 Å². The molecule has 10 heteroatoms. The van der Waals surface area contributed by atoms with Gasteiger partial charge in [0, 0.05) is 6.20 Å². The first-order valence-corrected chi connectivity index (χ1v) is 7.41. The molecule has 0 amide bonds. The summed E-state index contributed by atoms with van der Waals surface area (Å²) < 4.78 is 26.0. The summed E-state index contributed by atoms with van der Waals surface area (Å²) in [5.41, 5.74) is 0. The lowest BCUT2D eigenvalue weighted by Crippen LogP contribution is -2.12. The van der Waals surface area contributed by atoms with E-state index in [-0.39, 0.29) is 20.2 Å². The van der Waals surface area contributed by atoms with Crippen LogP contribution < -0.4 is 4.72 Å². The van der Waals surface area contributed by atoms with Gasteiger partial charge in [-0.25, -0.2) is 18.2 Å². The highest BCUT2D eigenvalue weighted by atomic mass is 35.5. The van der Waals surface area contributed by atoms with Crippen molar-refractivity contribution in [2.24, 2.45) is 0 Å². The standard InChI is InChI=1S/C9H6ClN3O4S2/c10-9-11-4-3-6(12-9)13-19(16,17)7-2-1-5(18-7)8(14)15/h1-4H,(H,14,15)(H,11,12,13). The van der Waals surface area contributed by atoms with Gasteiger partial charge in [0.25, 0.3) is 10.0 Å². The van der Waals surface area contributed by atoms with Gasteiger partial charge >= 0.3 is 5.97 Å². The molecule has 0 aliphatic carbocycles. The summed E-state index contributed by atoms with van der Waals surface area (Å²) in [6, 6.07) is 3.75. The SMILES string of the molecule is O=C(O)c1ccc(S(=O)(=O)Nc2ccnc(Cl)n2)s1. The van der Waals surface area contributed by atoms with Gasteiger partial charge in [0.05, 0.1) is 0 Å². The van der Waals surface area contributed by atoms with E-state index in [1.54, 1.807) is 0 Å². The maximum atomic E-state index is 12.0. The van der Waals surface area contributed by atoms with E-state index in [0.717, 1.165) is 0 Å². The van der Waals surface area contributed by atoms with Crippen molar-refractivity contribution in [2.75, 3.05) is 4.72 Å². The molecule has 0 bridgehead atoms. The average Bonchev–Trinajstić information content (AvgIpc) is 2.78. The average molecular weight is 320 g/mol. The lowest BCUT2D eigenvalue weighted by Gasteiger charge is -2.04. The van der Waals surface area contributed by atoms with Crippen molar-refractivity contribution in [1.29, 1.82) is 0 Å². The second-order valence-corrected chi connectivity index (χ2v) is 6.57. The zero-order valence-electron chi connectivity index (χ0n) is 9.07. The zero-order valence-corrected chi connectivity index (χ0v) is 11.5. The Balaban J connectivity index is 2.29. The molecule has 0 aliphatic heterocycles. The lowest BCUT2D eigenvalue weighted by atomic mass is 10.5.